The van der Waals surface area contributed by atoms with Gasteiger partial charge in [-0.15, -0.1) is 0 Å². The Labute approximate surface area is 138 Å². The number of amides is 1. The zero-order chi connectivity index (χ0) is 16.8. The Kier molecular flexibility index (Phi) is 5.93. The molecule has 1 N–H and O–H groups in total. The molecule has 1 aromatic carbocycles. The first-order chi connectivity index (χ1) is 11.0. The molecule has 5 nitrogen and oxygen atoms in total. The molecule has 0 radical (unpaired) electrons. The van der Waals surface area contributed by atoms with Gasteiger partial charge in [0.15, 0.2) is 0 Å². The van der Waals surface area contributed by atoms with Gasteiger partial charge in [0.05, 0.1) is 24.5 Å². The highest BCUT2D eigenvalue weighted by atomic mass is 16.2. The number of nitrogens with zero attached hydrogens (tertiary/aromatic N) is 3. The maximum Gasteiger partial charge on any atom is 0.230 e. The molecule has 5 heteroatoms. The molecule has 0 spiro atoms. The minimum Gasteiger partial charge on any atom is -0.347 e. The number of nitrogens with one attached hydrogen (secondary N) is 1. The lowest BCUT2D eigenvalue weighted by Crippen LogP contribution is -2.38. The molecule has 0 saturated carbocycles. The van der Waals surface area contributed by atoms with E-state index in [4.69, 9.17) is 0 Å². The van der Waals surface area contributed by atoms with Gasteiger partial charge in [0, 0.05) is 19.3 Å². The Balaban J connectivity index is 2.12. The zero-order valence-corrected chi connectivity index (χ0v) is 14.4. The molecule has 0 saturated heterocycles. The van der Waals surface area contributed by atoms with E-state index < -0.39 is 0 Å². The van der Waals surface area contributed by atoms with Gasteiger partial charge in [0.25, 0.3) is 0 Å². The first kappa shape index (κ1) is 17.2. The van der Waals surface area contributed by atoms with Gasteiger partial charge in [0.2, 0.25) is 5.91 Å². The number of hydrogen-bond donors (Lipinski definition) is 1. The fraction of sp³-hybridized carbons (Fsp3) is 0.444. The number of aromatic nitrogens is 2. The molecule has 0 aliphatic carbocycles. The molecule has 1 atom stereocenters. The summed E-state index contributed by atoms with van der Waals surface area (Å²) in [6.45, 7) is 6.12. The van der Waals surface area contributed by atoms with Gasteiger partial charge in [-0.25, -0.2) is 4.98 Å². The third-order valence-electron chi connectivity index (χ3n) is 3.99. The number of carbonyl (C=O) groups excluding carboxylic acids is 1. The molecule has 124 valence electrons. The van der Waals surface area contributed by atoms with Crippen molar-refractivity contribution in [3.8, 4) is 0 Å². The van der Waals surface area contributed by atoms with E-state index in [1.165, 1.54) is 5.56 Å². The first-order valence-electron chi connectivity index (χ1n) is 7.94. The van der Waals surface area contributed by atoms with E-state index in [0.29, 0.717) is 13.1 Å². The second-order valence-corrected chi connectivity index (χ2v) is 6.27. The number of benzene rings is 1. The molecule has 0 fully saturated rings. The van der Waals surface area contributed by atoms with Gasteiger partial charge in [0.1, 0.15) is 0 Å². The van der Waals surface area contributed by atoms with Crippen LogP contribution in [0.2, 0.25) is 0 Å². The van der Waals surface area contributed by atoms with Gasteiger partial charge < -0.3 is 14.8 Å². The van der Waals surface area contributed by atoms with Gasteiger partial charge >= 0.3 is 0 Å². The molecule has 23 heavy (non-hydrogen) atoms. The highest BCUT2D eigenvalue weighted by Crippen LogP contribution is 2.19. The maximum absolute atomic E-state index is 12.9. The second-order valence-electron chi connectivity index (χ2n) is 6.27. The number of carbonyl (C=O) groups is 1. The van der Waals surface area contributed by atoms with Crippen molar-refractivity contribution >= 4 is 5.91 Å². The summed E-state index contributed by atoms with van der Waals surface area (Å²) in [5, 5.41) is 0. The average molecular weight is 314 g/mol. The minimum atomic E-state index is -0.152. The van der Waals surface area contributed by atoms with Gasteiger partial charge in [-0.3, -0.25) is 4.79 Å². The fourth-order valence-corrected chi connectivity index (χ4v) is 2.44. The molecule has 1 amide bonds. The molecule has 1 aromatic heterocycles. The van der Waals surface area contributed by atoms with Crippen LogP contribution in [0, 0.1) is 6.92 Å². The maximum atomic E-state index is 12.9. The predicted molar refractivity (Wildman–Crippen MR) is 92.2 cm³/mol. The molecule has 0 aliphatic rings. The fourth-order valence-electron chi connectivity index (χ4n) is 2.44. The zero-order valence-electron chi connectivity index (χ0n) is 14.4. The van der Waals surface area contributed by atoms with Crippen LogP contribution >= 0.6 is 0 Å². The van der Waals surface area contributed by atoms with Crippen LogP contribution < -0.4 is 0 Å². The normalized spacial score (nSPS) is 12.4. The molecule has 1 heterocycles. The predicted octanol–water partition coefficient (Wildman–Crippen LogP) is 2.41. The number of rotatable bonds is 7. The molecule has 2 aromatic rings. The van der Waals surface area contributed by atoms with Crippen molar-refractivity contribution in [1.29, 1.82) is 0 Å². The van der Waals surface area contributed by atoms with Crippen LogP contribution in [0.3, 0.4) is 0 Å². The number of H-pyrrole nitrogens is 1. The Morgan fingerprint density at radius 2 is 1.91 bits per heavy atom. The van der Waals surface area contributed by atoms with Crippen LogP contribution in [0.1, 0.15) is 29.7 Å². The lowest BCUT2D eigenvalue weighted by molar-refractivity contribution is -0.133. The van der Waals surface area contributed by atoms with Crippen molar-refractivity contribution in [2.45, 2.75) is 26.3 Å². The van der Waals surface area contributed by atoms with E-state index >= 15 is 0 Å². The SMILES string of the molecule is Cc1ccc(C(C)C(=O)N(CCN(C)C)Cc2cnc[nH]2)cc1. The van der Waals surface area contributed by atoms with E-state index in [9.17, 15) is 4.79 Å². The molecular formula is C18H26N4O. The van der Waals surface area contributed by atoms with E-state index in [0.717, 1.165) is 17.8 Å². The van der Waals surface area contributed by atoms with Crippen LogP contribution in [-0.2, 0) is 11.3 Å². The Morgan fingerprint density at radius 1 is 1.22 bits per heavy atom. The summed E-state index contributed by atoms with van der Waals surface area (Å²) in [5.41, 5.74) is 3.21. The topological polar surface area (TPSA) is 52.2 Å². The summed E-state index contributed by atoms with van der Waals surface area (Å²) in [6.07, 6.45) is 3.42. The Morgan fingerprint density at radius 3 is 2.48 bits per heavy atom. The summed E-state index contributed by atoms with van der Waals surface area (Å²) in [4.78, 5) is 24.0. The summed E-state index contributed by atoms with van der Waals surface area (Å²) >= 11 is 0. The quantitative estimate of drug-likeness (QED) is 0.854. The highest BCUT2D eigenvalue weighted by molar-refractivity contribution is 5.83. The Bertz CT molecular complexity index is 604. The van der Waals surface area contributed by atoms with Gasteiger partial charge in [-0.05, 0) is 33.5 Å². The van der Waals surface area contributed by atoms with Crippen LogP contribution in [0.4, 0.5) is 0 Å². The summed E-state index contributed by atoms with van der Waals surface area (Å²) < 4.78 is 0. The molecule has 0 aliphatic heterocycles. The van der Waals surface area contributed by atoms with E-state index in [1.54, 1.807) is 12.5 Å². The third kappa shape index (κ3) is 4.93. The first-order valence-corrected chi connectivity index (χ1v) is 7.94. The second kappa shape index (κ2) is 7.92. The monoisotopic (exact) mass is 314 g/mol. The molecule has 1 unspecified atom stereocenters. The summed E-state index contributed by atoms with van der Waals surface area (Å²) in [6, 6.07) is 8.19. The number of hydrogen-bond acceptors (Lipinski definition) is 3. The largest absolute Gasteiger partial charge is 0.347 e. The Hall–Kier alpha value is -2.14. The average Bonchev–Trinajstić information content (AvgIpc) is 3.03. The standard InChI is InChI=1S/C18H26N4O/c1-14-5-7-16(8-6-14)15(2)18(23)22(10-9-21(3)4)12-17-11-19-13-20-17/h5-8,11,13,15H,9-10,12H2,1-4H3,(H,19,20). The number of likely N-dealkylation sites (N-methyl/N-ethyl adjacent to an activating group) is 1. The lowest BCUT2D eigenvalue weighted by Gasteiger charge is -2.27. The molecule has 2 rings (SSSR count). The number of aryl methyl sites for hydroxylation is 1. The van der Waals surface area contributed by atoms with E-state index in [1.807, 2.05) is 38.1 Å². The van der Waals surface area contributed by atoms with Crippen LogP contribution in [-0.4, -0.2) is 52.9 Å². The number of imidazole rings is 1. The van der Waals surface area contributed by atoms with Crippen molar-refractivity contribution in [3.63, 3.8) is 0 Å². The van der Waals surface area contributed by atoms with Gasteiger partial charge in [-0.2, -0.15) is 0 Å². The third-order valence-corrected chi connectivity index (χ3v) is 3.99. The van der Waals surface area contributed by atoms with Crippen molar-refractivity contribution in [2.24, 2.45) is 0 Å². The van der Waals surface area contributed by atoms with Crippen LogP contribution in [0.25, 0.3) is 0 Å². The van der Waals surface area contributed by atoms with Crippen molar-refractivity contribution in [2.75, 3.05) is 27.2 Å². The van der Waals surface area contributed by atoms with Gasteiger partial charge in [-0.1, -0.05) is 29.8 Å². The van der Waals surface area contributed by atoms with E-state index in [2.05, 4.69) is 33.9 Å². The highest BCUT2D eigenvalue weighted by Gasteiger charge is 2.22. The minimum absolute atomic E-state index is 0.144. The summed E-state index contributed by atoms with van der Waals surface area (Å²) in [7, 11) is 4.03. The van der Waals surface area contributed by atoms with Crippen LogP contribution in [0.15, 0.2) is 36.8 Å². The lowest BCUT2D eigenvalue weighted by atomic mass is 9.98. The van der Waals surface area contributed by atoms with Crippen molar-refractivity contribution < 1.29 is 4.79 Å². The molecular weight excluding hydrogens is 288 g/mol. The number of aromatic amines is 1. The van der Waals surface area contributed by atoms with Crippen molar-refractivity contribution in [3.05, 3.63) is 53.6 Å². The van der Waals surface area contributed by atoms with Crippen molar-refractivity contribution in [1.82, 2.24) is 19.8 Å². The molecule has 0 bridgehead atoms. The van der Waals surface area contributed by atoms with E-state index in [-0.39, 0.29) is 11.8 Å². The summed E-state index contributed by atoms with van der Waals surface area (Å²) in [5.74, 6) is -0.00835. The smallest absolute Gasteiger partial charge is 0.230 e. The van der Waals surface area contributed by atoms with Crippen LogP contribution in [0.5, 0.6) is 0 Å².